The first-order valence-corrected chi connectivity index (χ1v) is 15.2. The summed E-state index contributed by atoms with van der Waals surface area (Å²) in [5.74, 6) is 2.57. The summed E-state index contributed by atoms with van der Waals surface area (Å²) in [5.41, 5.74) is 0.244. The van der Waals surface area contributed by atoms with E-state index in [1.807, 2.05) is 100 Å². The second-order valence-corrected chi connectivity index (χ2v) is 10.5. The molecule has 0 aromatic heterocycles. The van der Waals surface area contributed by atoms with Gasteiger partial charge in [-0.25, -0.2) is 4.18 Å². The average molecular weight is 577 g/mol. The molecule has 41 heavy (non-hydrogen) atoms. The van der Waals surface area contributed by atoms with Crippen LogP contribution >= 0.6 is 0 Å². The molecule has 0 bridgehead atoms. The van der Waals surface area contributed by atoms with Gasteiger partial charge in [0.2, 0.25) is 0 Å². The summed E-state index contributed by atoms with van der Waals surface area (Å²) in [6, 6.07) is 28.0. The molecule has 4 aromatic carbocycles. The van der Waals surface area contributed by atoms with Gasteiger partial charge in [-0.2, -0.15) is 8.42 Å². The topological polar surface area (TPSA) is 80.3 Å². The largest absolute Gasteiger partial charge is 0.494 e. The Morgan fingerprint density at radius 2 is 0.732 bits per heavy atom. The molecular weight excluding hydrogens is 540 g/mol. The van der Waals surface area contributed by atoms with E-state index in [0.717, 1.165) is 0 Å². The van der Waals surface area contributed by atoms with Crippen LogP contribution in [0.2, 0.25) is 0 Å². The first kappa shape index (κ1) is 30.0. The van der Waals surface area contributed by atoms with Crippen molar-refractivity contribution in [1.82, 2.24) is 0 Å². The standard InChI is InChI=1S/C33H36O7S/c1-5-36-28-15-9-25(10-16-28)33(26-11-17-29(18-12-26)37-6-2,27-13-19-30(20-14-27)38-7-3)40-41(34,35)32-23-21-31(22-24-32)39-8-4/h9-24H,5-8H2,1-4H3. The van der Waals surface area contributed by atoms with Crippen molar-refractivity contribution >= 4 is 10.1 Å². The van der Waals surface area contributed by atoms with E-state index in [9.17, 15) is 8.42 Å². The third kappa shape index (κ3) is 6.84. The van der Waals surface area contributed by atoms with Crippen LogP contribution in [0.15, 0.2) is 102 Å². The Hall–Kier alpha value is -4.01. The fourth-order valence-corrected chi connectivity index (χ4v) is 5.77. The van der Waals surface area contributed by atoms with Gasteiger partial charge in [0.15, 0.2) is 5.60 Å². The minimum atomic E-state index is -4.30. The normalized spacial score (nSPS) is 11.6. The Bertz CT molecular complexity index is 1360. The minimum absolute atomic E-state index is 0.00753. The predicted octanol–water partition coefficient (Wildman–Crippen LogP) is 6.98. The Morgan fingerprint density at radius 3 is 1.00 bits per heavy atom. The van der Waals surface area contributed by atoms with Crippen LogP contribution in [0.4, 0.5) is 0 Å². The summed E-state index contributed by atoms with van der Waals surface area (Å²) < 4.78 is 56.9. The number of rotatable bonds is 14. The summed E-state index contributed by atoms with van der Waals surface area (Å²) in [4.78, 5) is 0.00753. The average Bonchev–Trinajstić information content (AvgIpc) is 2.98. The van der Waals surface area contributed by atoms with Gasteiger partial charge in [-0.05, 0) is 105 Å². The van der Waals surface area contributed by atoms with Gasteiger partial charge in [-0.1, -0.05) is 36.4 Å². The lowest BCUT2D eigenvalue weighted by atomic mass is 9.80. The molecule has 8 heteroatoms. The predicted molar refractivity (Wildman–Crippen MR) is 159 cm³/mol. The summed E-state index contributed by atoms with van der Waals surface area (Å²) in [6.45, 7) is 9.58. The molecule has 4 rings (SSSR count). The molecule has 0 amide bonds. The van der Waals surface area contributed by atoms with Gasteiger partial charge in [0.05, 0.1) is 31.3 Å². The molecule has 0 unspecified atom stereocenters. The number of hydrogen-bond donors (Lipinski definition) is 0. The highest BCUT2D eigenvalue weighted by molar-refractivity contribution is 7.86. The highest BCUT2D eigenvalue weighted by Crippen LogP contribution is 2.44. The highest BCUT2D eigenvalue weighted by Gasteiger charge is 2.43. The summed E-state index contributed by atoms with van der Waals surface area (Å²) >= 11 is 0. The summed E-state index contributed by atoms with van der Waals surface area (Å²) in [6.07, 6.45) is 0. The van der Waals surface area contributed by atoms with E-state index < -0.39 is 15.7 Å². The van der Waals surface area contributed by atoms with E-state index in [4.69, 9.17) is 23.1 Å². The maximum atomic E-state index is 14.0. The van der Waals surface area contributed by atoms with Gasteiger partial charge in [0.1, 0.15) is 23.0 Å². The number of ether oxygens (including phenoxy) is 4. The lowest BCUT2D eigenvalue weighted by Crippen LogP contribution is -2.35. The monoisotopic (exact) mass is 576 g/mol. The van der Waals surface area contributed by atoms with Crippen LogP contribution in [-0.4, -0.2) is 34.8 Å². The Labute approximate surface area is 242 Å². The molecule has 7 nitrogen and oxygen atoms in total. The van der Waals surface area contributed by atoms with E-state index in [0.29, 0.717) is 66.1 Å². The third-order valence-corrected chi connectivity index (χ3v) is 7.69. The van der Waals surface area contributed by atoms with E-state index >= 15 is 0 Å². The number of hydrogen-bond acceptors (Lipinski definition) is 7. The lowest BCUT2D eigenvalue weighted by molar-refractivity contribution is 0.163. The molecule has 0 fully saturated rings. The summed E-state index contributed by atoms with van der Waals surface area (Å²) in [7, 11) is -4.30. The SMILES string of the molecule is CCOc1ccc(C(OS(=O)(=O)c2ccc(OCC)cc2)(c2ccc(OCC)cc2)c2ccc(OCC)cc2)cc1. The molecule has 0 saturated carbocycles. The second-order valence-electron chi connectivity index (χ2n) is 9.00. The third-order valence-electron chi connectivity index (χ3n) is 6.37. The molecule has 0 aliphatic carbocycles. The minimum Gasteiger partial charge on any atom is -0.494 e. The van der Waals surface area contributed by atoms with Gasteiger partial charge < -0.3 is 18.9 Å². The molecule has 4 aromatic rings. The van der Waals surface area contributed by atoms with Crippen molar-refractivity contribution in [3.63, 3.8) is 0 Å². The molecule has 0 aliphatic heterocycles. The van der Waals surface area contributed by atoms with Crippen LogP contribution < -0.4 is 18.9 Å². The zero-order chi connectivity index (χ0) is 29.3. The summed E-state index contributed by atoms with van der Waals surface area (Å²) in [5, 5.41) is 0. The van der Waals surface area contributed by atoms with E-state index in [1.54, 1.807) is 12.1 Å². The Morgan fingerprint density at radius 1 is 0.463 bits per heavy atom. The van der Waals surface area contributed by atoms with Crippen molar-refractivity contribution in [3.05, 3.63) is 114 Å². The molecule has 0 spiro atoms. The number of benzene rings is 4. The molecule has 0 aliphatic rings. The Balaban J connectivity index is 1.94. The van der Waals surface area contributed by atoms with Crippen LogP contribution in [0.25, 0.3) is 0 Å². The van der Waals surface area contributed by atoms with Gasteiger partial charge in [0, 0.05) is 0 Å². The van der Waals surface area contributed by atoms with Crippen LogP contribution in [0.1, 0.15) is 44.4 Å². The molecular formula is C33H36O7S. The molecule has 0 atom stereocenters. The fraction of sp³-hybridized carbons (Fsp3) is 0.273. The zero-order valence-corrected chi connectivity index (χ0v) is 24.6. The molecule has 0 N–H and O–H groups in total. The zero-order valence-electron chi connectivity index (χ0n) is 23.8. The highest BCUT2D eigenvalue weighted by atomic mass is 32.2. The molecule has 0 saturated heterocycles. The first-order chi connectivity index (χ1) is 19.9. The van der Waals surface area contributed by atoms with Gasteiger partial charge in [-0.15, -0.1) is 0 Å². The lowest BCUT2D eigenvalue weighted by Gasteiger charge is -2.35. The van der Waals surface area contributed by atoms with Crippen molar-refractivity contribution < 1.29 is 31.5 Å². The van der Waals surface area contributed by atoms with Crippen molar-refractivity contribution in [1.29, 1.82) is 0 Å². The van der Waals surface area contributed by atoms with E-state index in [1.165, 1.54) is 12.1 Å². The van der Waals surface area contributed by atoms with Crippen LogP contribution in [0.5, 0.6) is 23.0 Å². The maximum absolute atomic E-state index is 14.0. The smallest absolute Gasteiger partial charge is 0.298 e. The van der Waals surface area contributed by atoms with E-state index in [2.05, 4.69) is 0 Å². The van der Waals surface area contributed by atoms with Gasteiger partial charge in [-0.3, -0.25) is 0 Å². The molecule has 0 heterocycles. The molecule has 0 radical (unpaired) electrons. The maximum Gasteiger partial charge on any atom is 0.298 e. The quantitative estimate of drug-likeness (QED) is 0.118. The molecule has 216 valence electrons. The van der Waals surface area contributed by atoms with Gasteiger partial charge in [0.25, 0.3) is 10.1 Å². The van der Waals surface area contributed by atoms with Crippen molar-refractivity contribution in [2.75, 3.05) is 26.4 Å². The van der Waals surface area contributed by atoms with Crippen LogP contribution in [0.3, 0.4) is 0 Å². The fourth-order valence-electron chi connectivity index (χ4n) is 4.58. The van der Waals surface area contributed by atoms with Crippen molar-refractivity contribution in [3.8, 4) is 23.0 Å². The second kappa shape index (κ2) is 13.6. The first-order valence-electron chi connectivity index (χ1n) is 13.7. The van der Waals surface area contributed by atoms with E-state index in [-0.39, 0.29) is 4.90 Å². The van der Waals surface area contributed by atoms with Crippen LogP contribution in [0, 0.1) is 0 Å². The van der Waals surface area contributed by atoms with Crippen molar-refractivity contribution in [2.45, 2.75) is 38.2 Å². The van der Waals surface area contributed by atoms with Crippen molar-refractivity contribution in [2.24, 2.45) is 0 Å². The Kier molecular flexibility index (Phi) is 9.91. The van der Waals surface area contributed by atoms with Crippen LogP contribution in [-0.2, 0) is 19.9 Å². The van der Waals surface area contributed by atoms with Gasteiger partial charge >= 0.3 is 0 Å².